The van der Waals surface area contributed by atoms with E-state index in [-0.39, 0.29) is 0 Å². The molecule has 0 fully saturated rings. The number of benzene rings is 2. The highest BCUT2D eigenvalue weighted by Crippen LogP contribution is 2.45. The van der Waals surface area contributed by atoms with Crippen molar-refractivity contribution in [3.63, 3.8) is 0 Å². The van der Waals surface area contributed by atoms with Crippen molar-refractivity contribution in [2.24, 2.45) is 0 Å². The zero-order valence-electron chi connectivity index (χ0n) is 31.7. The fraction of sp³-hybridized carbons (Fsp3) is 0.304. The standard InChI is InChI=1S/C46H48Br2N4/c1-9-31-25(5)43-41(35-19-15-13-17-29(35)23-47)44-27(7)33(11-3)39(51-44)22-40-34(12-4)28(8)46(52-40)42(36-20-16-14-18-30(36)24-48)45-26(6)32(10-2)38(50-45)21-37(31)49-43/h13-22,49,51H,9-12,23-24H2,1-8H3. The minimum Gasteiger partial charge on any atom is -0.354 e. The van der Waals surface area contributed by atoms with E-state index in [0.29, 0.717) is 0 Å². The van der Waals surface area contributed by atoms with E-state index in [1.54, 1.807) is 0 Å². The van der Waals surface area contributed by atoms with Crippen LogP contribution >= 0.6 is 31.9 Å². The Kier molecular flexibility index (Phi) is 10.3. The molecule has 2 N–H and O–H groups in total. The number of hydrogen-bond donors (Lipinski definition) is 2. The number of nitrogens with one attached hydrogen (secondary N) is 2. The summed E-state index contributed by atoms with van der Waals surface area (Å²) in [4.78, 5) is 19.1. The molecule has 2 aliphatic rings. The van der Waals surface area contributed by atoms with Gasteiger partial charge in [0.1, 0.15) is 0 Å². The Morgan fingerprint density at radius 3 is 1.33 bits per heavy atom. The second-order valence-corrected chi connectivity index (χ2v) is 15.1. The first-order chi connectivity index (χ1) is 25.2. The molecule has 6 heteroatoms. The van der Waals surface area contributed by atoms with Gasteiger partial charge in [-0.25, -0.2) is 9.97 Å². The Balaban J connectivity index is 1.79. The van der Waals surface area contributed by atoms with E-state index in [0.717, 1.165) is 86.7 Å². The molecule has 8 bridgehead atoms. The number of hydrogen-bond acceptors (Lipinski definition) is 2. The SMILES string of the molecule is CCC1=C(C)c2nc1cc1[nH]c(c(C)c1CC)c(-c1ccccc1CBr)c1[nH]c(cc3nc(c2-c2ccccc2CBr)C(C)=C3CC)c(CC)c1C. The highest BCUT2D eigenvalue weighted by Gasteiger charge is 2.27. The number of H-pyrrole nitrogens is 2. The minimum atomic E-state index is 0.747. The fourth-order valence-electron chi connectivity index (χ4n) is 8.60. The second-order valence-electron chi connectivity index (χ2n) is 14.0. The Morgan fingerprint density at radius 2 is 0.942 bits per heavy atom. The van der Waals surface area contributed by atoms with E-state index < -0.39 is 0 Å². The molecule has 5 aromatic rings. The average molecular weight is 817 g/mol. The average Bonchev–Trinajstić information content (AvgIpc) is 3.85. The van der Waals surface area contributed by atoms with E-state index in [1.165, 1.54) is 72.4 Å². The maximum atomic E-state index is 5.57. The summed E-state index contributed by atoms with van der Waals surface area (Å²) in [6.45, 7) is 18.1. The van der Waals surface area contributed by atoms with Crippen LogP contribution in [-0.4, -0.2) is 19.9 Å². The highest BCUT2D eigenvalue weighted by atomic mass is 79.9. The fourth-order valence-corrected chi connectivity index (χ4v) is 9.58. The Labute approximate surface area is 325 Å². The molecule has 4 nitrogen and oxygen atoms in total. The van der Waals surface area contributed by atoms with Crippen molar-refractivity contribution < 1.29 is 0 Å². The normalized spacial score (nSPS) is 13.1. The highest BCUT2D eigenvalue weighted by molar-refractivity contribution is 9.08. The molecule has 0 amide bonds. The molecule has 2 aliphatic heterocycles. The molecule has 3 aromatic heterocycles. The quantitative estimate of drug-likeness (QED) is 0.153. The molecule has 7 rings (SSSR count). The lowest BCUT2D eigenvalue weighted by molar-refractivity contribution is 1.14. The van der Waals surface area contributed by atoms with Gasteiger partial charge in [0.25, 0.3) is 0 Å². The van der Waals surface area contributed by atoms with Gasteiger partial charge in [-0.15, -0.1) is 0 Å². The molecule has 0 saturated heterocycles. The van der Waals surface area contributed by atoms with Gasteiger partial charge in [-0.2, -0.15) is 0 Å². The molecular formula is C46H48Br2N4. The lowest BCUT2D eigenvalue weighted by atomic mass is 9.91. The van der Waals surface area contributed by atoms with Gasteiger partial charge < -0.3 is 9.97 Å². The lowest BCUT2D eigenvalue weighted by Gasteiger charge is -2.13. The number of aromatic nitrogens is 4. The van der Waals surface area contributed by atoms with Gasteiger partial charge in [0.2, 0.25) is 0 Å². The lowest BCUT2D eigenvalue weighted by Crippen LogP contribution is -1.96. The summed E-state index contributed by atoms with van der Waals surface area (Å²) in [6.07, 6.45) is 3.60. The first kappa shape index (κ1) is 36.4. The van der Waals surface area contributed by atoms with Gasteiger partial charge in [-0.3, -0.25) is 0 Å². The molecule has 0 radical (unpaired) electrons. The van der Waals surface area contributed by atoms with Gasteiger partial charge in [-0.05, 0) is 132 Å². The van der Waals surface area contributed by atoms with Crippen LogP contribution in [-0.2, 0) is 23.5 Å². The monoisotopic (exact) mass is 814 g/mol. The summed E-state index contributed by atoms with van der Waals surface area (Å²) in [7, 11) is 0. The van der Waals surface area contributed by atoms with Gasteiger partial charge in [0.15, 0.2) is 0 Å². The predicted octanol–water partition coefficient (Wildman–Crippen LogP) is 13.9. The van der Waals surface area contributed by atoms with Crippen LogP contribution in [0.4, 0.5) is 0 Å². The van der Waals surface area contributed by atoms with Crippen molar-refractivity contribution in [1.29, 1.82) is 0 Å². The van der Waals surface area contributed by atoms with Crippen molar-refractivity contribution >= 4 is 76.2 Å². The second kappa shape index (κ2) is 14.8. The predicted molar refractivity (Wildman–Crippen MR) is 231 cm³/mol. The molecule has 0 spiro atoms. The number of aryl methyl sites for hydroxylation is 4. The molecule has 0 aliphatic carbocycles. The smallest absolute Gasteiger partial charge is 0.0770 e. The van der Waals surface area contributed by atoms with Gasteiger partial charge in [0, 0.05) is 32.8 Å². The molecule has 5 heterocycles. The number of rotatable bonds is 8. The summed E-state index contributed by atoms with van der Waals surface area (Å²) in [5.74, 6) is 0. The Morgan fingerprint density at radius 1 is 0.538 bits per heavy atom. The van der Waals surface area contributed by atoms with E-state index in [2.05, 4.69) is 158 Å². The third-order valence-electron chi connectivity index (χ3n) is 11.3. The first-order valence-corrected chi connectivity index (χ1v) is 20.9. The molecule has 52 heavy (non-hydrogen) atoms. The molecule has 0 atom stereocenters. The molecule has 0 saturated carbocycles. The zero-order valence-corrected chi connectivity index (χ0v) is 34.8. The van der Waals surface area contributed by atoms with Crippen LogP contribution in [0.1, 0.15) is 111 Å². The van der Waals surface area contributed by atoms with Gasteiger partial charge >= 0.3 is 0 Å². The number of nitrogens with zero attached hydrogens (tertiary/aromatic N) is 2. The van der Waals surface area contributed by atoms with Gasteiger partial charge in [-0.1, -0.05) is 108 Å². The third-order valence-corrected chi connectivity index (χ3v) is 12.5. The molecular weight excluding hydrogens is 768 g/mol. The molecule has 2 aromatic carbocycles. The first-order valence-electron chi connectivity index (χ1n) is 18.7. The number of fused-ring (bicyclic) bond motifs is 8. The van der Waals surface area contributed by atoms with E-state index in [1.807, 2.05) is 0 Å². The van der Waals surface area contributed by atoms with E-state index >= 15 is 0 Å². The molecule has 0 unspecified atom stereocenters. The van der Waals surface area contributed by atoms with Crippen molar-refractivity contribution in [3.8, 4) is 22.3 Å². The van der Waals surface area contributed by atoms with Crippen LogP contribution in [0.25, 0.3) is 66.6 Å². The number of aromatic amines is 2. The summed E-state index contributed by atoms with van der Waals surface area (Å²) in [5, 5.41) is 1.51. The van der Waals surface area contributed by atoms with E-state index in [9.17, 15) is 0 Å². The topological polar surface area (TPSA) is 57.4 Å². The summed E-state index contributed by atoms with van der Waals surface area (Å²) in [6, 6.07) is 22.1. The third kappa shape index (κ3) is 5.87. The van der Waals surface area contributed by atoms with Crippen LogP contribution in [0.15, 0.2) is 60.7 Å². The summed E-state index contributed by atoms with van der Waals surface area (Å²) < 4.78 is 0. The maximum Gasteiger partial charge on any atom is 0.0770 e. The number of allylic oxidation sites excluding steroid dienone is 4. The van der Waals surface area contributed by atoms with Crippen molar-refractivity contribution in [1.82, 2.24) is 19.9 Å². The minimum absolute atomic E-state index is 0.747. The van der Waals surface area contributed by atoms with Crippen molar-refractivity contribution in [2.45, 2.75) is 91.7 Å². The largest absolute Gasteiger partial charge is 0.354 e. The molecule has 266 valence electrons. The van der Waals surface area contributed by atoms with Crippen LogP contribution < -0.4 is 0 Å². The summed E-state index contributed by atoms with van der Waals surface area (Å²) in [5.41, 5.74) is 26.1. The zero-order chi connectivity index (χ0) is 36.8. The number of halogens is 2. The maximum absolute atomic E-state index is 5.57. The number of alkyl halides is 2. The summed E-state index contributed by atoms with van der Waals surface area (Å²) >= 11 is 7.64. The van der Waals surface area contributed by atoms with E-state index in [4.69, 9.17) is 9.97 Å². The van der Waals surface area contributed by atoms with Crippen LogP contribution in [0, 0.1) is 13.8 Å². The Bertz CT molecular complexity index is 2350. The van der Waals surface area contributed by atoms with Crippen molar-refractivity contribution in [3.05, 3.63) is 117 Å². The van der Waals surface area contributed by atoms with Crippen molar-refractivity contribution in [2.75, 3.05) is 0 Å². The van der Waals surface area contributed by atoms with Crippen LogP contribution in [0.2, 0.25) is 0 Å². The van der Waals surface area contributed by atoms with Crippen LogP contribution in [0.5, 0.6) is 0 Å². The van der Waals surface area contributed by atoms with Gasteiger partial charge in [0.05, 0.1) is 33.8 Å². The van der Waals surface area contributed by atoms with Crippen LogP contribution in [0.3, 0.4) is 0 Å². The Hall–Kier alpha value is -4.00.